The summed E-state index contributed by atoms with van der Waals surface area (Å²) in [5.74, 6) is 1.49. The van der Waals surface area contributed by atoms with Gasteiger partial charge in [-0.1, -0.05) is 0 Å². The molecule has 7 heteroatoms. The van der Waals surface area contributed by atoms with Crippen LogP contribution in [0.4, 0.5) is 11.6 Å². The summed E-state index contributed by atoms with van der Waals surface area (Å²) in [5.41, 5.74) is 6.42. The Balaban J connectivity index is 2.56. The molecule has 0 radical (unpaired) electrons. The average Bonchev–Trinajstić information content (AvgIpc) is 2.78. The van der Waals surface area contributed by atoms with Crippen LogP contribution in [0.5, 0.6) is 0 Å². The fourth-order valence-electron chi connectivity index (χ4n) is 1.94. The summed E-state index contributed by atoms with van der Waals surface area (Å²) in [4.78, 5) is 6.25. The van der Waals surface area contributed by atoms with Gasteiger partial charge >= 0.3 is 0 Å². The van der Waals surface area contributed by atoms with Gasteiger partial charge in [0.2, 0.25) is 0 Å². The third-order valence-corrected chi connectivity index (χ3v) is 3.48. The van der Waals surface area contributed by atoms with Crippen LogP contribution < -0.4 is 10.6 Å². The van der Waals surface area contributed by atoms with E-state index in [1.807, 2.05) is 24.8 Å². The Morgan fingerprint density at radius 3 is 2.60 bits per heavy atom. The highest BCUT2D eigenvalue weighted by Gasteiger charge is 2.20. The molecule has 0 atom stereocenters. The largest absolute Gasteiger partial charge is 0.382 e. The van der Waals surface area contributed by atoms with Crippen LogP contribution in [0, 0.1) is 11.3 Å². The van der Waals surface area contributed by atoms with E-state index < -0.39 is 0 Å². The molecule has 0 spiro atoms. The Labute approximate surface area is 125 Å². The van der Waals surface area contributed by atoms with E-state index in [2.05, 4.69) is 32.1 Å². The van der Waals surface area contributed by atoms with Gasteiger partial charge < -0.3 is 10.6 Å². The standard InChI is InChI=1S/C13H15BrN6/c1-3-19(4-2)13-10(7-15)12(16)20(18-13)11-6-5-9(14)8-17-11/h5-6,8H,3-4,16H2,1-2H3. The van der Waals surface area contributed by atoms with Crippen LogP contribution in [0.25, 0.3) is 5.82 Å². The van der Waals surface area contributed by atoms with Crippen molar-refractivity contribution in [3.8, 4) is 11.9 Å². The minimum Gasteiger partial charge on any atom is -0.382 e. The molecule has 2 rings (SSSR count). The molecule has 2 N–H and O–H groups in total. The van der Waals surface area contributed by atoms with Gasteiger partial charge in [-0.2, -0.15) is 9.94 Å². The molecule has 0 aliphatic rings. The molecule has 0 saturated carbocycles. The maximum absolute atomic E-state index is 9.31. The van der Waals surface area contributed by atoms with Crippen molar-refractivity contribution in [3.05, 3.63) is 28.4 Å². The summed E-state index contributed by atoms with van der Waals surface area (Å²) in [6.07, 6.45) is 1.67. The van der Waals surface area contributed by atoms with E-state index in [-0.39, 0.29) is 0 Å². The van der Waals surface area contributed by atoms with Gasteiger partial charge in [-0.15, -0.1) is 5.10 Å². The van der Waals surface area contributed by atoms with Crippen molar-refractivity contribution < 1.29 is 0 Å². The summed E-state index contributed by atoms with van der Waals surface area (Å²) in [5, 5.41) is 13.7. The second-order valence-corrected chi connectivity index (χ2v) is 5.03. The molecule has 0 fully saturated rings. The first kappa shape index (κ1) is 14.3. The van der Waals surface area contributed by atoms with Crippen molar-refractivity contribution in [1.29, 1.82) is 5.26 Å². The smallest absolute Gasteiger partial charge is 0.171 e. The molecule has 2 aromatic rings. The van der Waals surface area contributed by atoms with E-state index in [9.17, 15) is 5.26 Å². The normalized spacial score (nSPS) is 10.3. The van der Waals surface area contributed by atoms with E-state index in [1.165, 1.54) is 4.68 Å². The zero-order chi connectivity index (χ0) is 14.7. The van der Waals surface area contributed by atoms with Gasteiger partial charge in [0.15, 0.2) is 11.6 Å². The molecule has 6 nitrogen and oxygen atoms in total. The number of rotatable bonds is 4. The lowest BCUT2D eigenvalue weighted by Crippen LogP contribution is -2.23. The Bertz CT molecular complexity index is 636. The van der Waals surface area contributed by atoms with E-state index in [1.54, 1.807) is 12.3 Å². The first-order valence-corrected chi connectivity index (χ1v) is 7.07. The van der Waals surface area contributed by atoms with Crippen LogP contribution >= 0.6 is 15.9 Å². The Kier molecular flexibility index (Phi) is 4.25. The molecule has 0 unspecified atom stereocenters. The number of nitriles is 1. The molecule has 104 valence electrons. The van der Waals surface area contributed by atoms with Crippen LogP contribution in [0.2, 0.25) is 0 Å². The van der Waals surface area contributed by atoms with Crippen LogP contribution in [0.3, 0.4) is 0 Å². The van der Waals surface area contributed by atoms with Crippen LogP contribution in [-0.4, -0.2) is 27.9 Å². The molecule has 0 aliphatic carbocycles. The van der Waals surface area contributed by atoms with Crippen LogP contribution in [-0.2, 0) is 0 Å². The molecule has 20 heavy (non-hydrogen) atoms. The maximum Gasteiger partial charge on any atom is 0.171 e. The minimum absolute atomic E-state index is 0.309. The number of hydrogen-bond acceptors (Lipinski definition) is 5. The zero-order valence-electron chi connectivity index (χ0n) is 11.3. The number of aromatic nitrogens is 3. The molecule has 2 heterocycles. The zero-order valence-corrected chi connectivity index (χ0v) is 12.9. The van der Waals surface area contributed by atoms with E-state index >= 15 is 0 Å². The Hall–Kier alpha value is -2.07. The highest BCUT2D eigenvalue weighted by atomic mass is 79.9. The molecule has 0 aromatic carbocycles. The molecular weight excluding hydrogens is 320 g/mol. The number of hydrogen-bond donors (Lipinski definition) is 1. The minimum atomic E-state index is 0.309. The van der Waals surface area contributed by atoms with Crippen molar-refractivity contribution in [2.45, 2.75) is 13.8 Å². The molecule has 0 amide bonds. The van der Waals surface area contributed by atoms with Crippen molar-refractivity contribution in [1.82, 2.24) is 14.8 Å². The highest BCUT2D eigenvalue weighted by Crippen LogP contribution is 2.26. The summed E-state index contributed by atoms with van der Waals surface area (Å²) < 4.78 is 2.37. The van der Waals surface area contributed by atoms with Crippen molar-refractivity contribution >= 4 is 27.6 Å². The second kappa shape index (κ2) is 5.92. The molecule has 2 aromatic heterocycles. The maximum atomic E-state index is 9.31. The van der Waals surface area contributed by atoms with Gasteiger partial charge in [-0.3, -0.25) is 0 Å². The summed E-state index contributed by atoms with van der Waals surface area (Å²) in [7, 11) is 0. The average molecular weight is 335 g/mol. The van der Waals surface area contributed by atoms with Gasteiger partial charge in [0, 0.05) is 23.8 Å². The first-order valence-electron chi connectivity index (χ1n) is 6.27. The Morgan fingerprint density at radius 1 is 1.40 bits per heavy atom. The third kappa shape index (κ3) is 2.47. The van der Waals surface area contributed by atoms with Gasteiger partial charge in [-0.25, -0.2) is 4.98 Å². The lowest BCUT2D eigenvalue weighted by Gasteiger charge is -2.17. The van der Waals surface area contributed by atoms with Gasteiger partial charge in [0.25, 0.3) is 0 Å². The summed E-state index contributed by atoms with van der Waals surface area (Å²) in [6.45, 7) is 5.54. The number of nitrogen functional groups attached to an aromatic ring is 1. The predicted molar refractivity (Wildman–Crippen MR) is 81.7 cm³/mol. The van der Waals surface area contributed by atoms with Crippen LogP contribution in [0.15, 0.2) is 22.8 Å². The van der Waals surface area contributed by atoms with Crippen LogP contribution in [0.1, 0.15) is 19.4 Å². The van der Waals surface area contributed by atoms with E-state index in [0.29, 0.717) is 23.0 Å². The lowest BCUT2D eigenvalue weighted by atomic mass is 10.3. The van der Waals surface area contributed by atoms with Crippen molar-refractivity contribution in [2.24, 2.45) is 0 Å². The molecular formula is C13H15BrN6. The second-order valence-electron chi connectivity index (χ2n) is 4.11. The van der Waals surface area contributed by atoms with E-state index in [4.69, 9.17) is 5.73 Å². The van der Waals surface area contributed by atoms with E-state index in [0.717, 1.165) is 17.6 Å². The fourth-order valence-corrected chi connectivity index (χ4v) is 2.17. The quantitative estimate of drug-likeness (QED) is 0.927. The number of anilines is 2. The van der Waals surface area contributed by atoms with Gasteiger partial charge in [0.1, 0.15) is 17.5 Å². The highest BCUT2D eigenvalue weighted by molar-refractivity contribution is 9.10. The molecule has 0 aliphatic heterocycles. The number of pyridine rings is 1. The first-order chi connectivity index (χ1) is 9.62. The topological polar surface area (TPSA) is 83.8 Å². The lowest BCUT2D eigenvalue weighted by molar-refractivity contribution is 0.798. The Morgan fingerprint density at radius 2 is 2.10 bits per heavy atom. The molecule has 0 saturated heterocycles. The number of nitrogens with two attached hydrogens (primary N) is 1. The van der Waals surface area contributed by atoms with Gasteiger partial charge in [-0.05, 0) is 41.9 Å². The molecule has 0 bridgehead atoms. The predicted octanol–water partition coefficient (Wildman–Crippen LogP) is 2.33. The monoisotopic (exact) mass is 334 g/mol. The van der Waals surface area contributed by atoms with Crippen molar-refractivity contribution in [2.75, 3.05) is 23.7 Å². The third-order valence-electron chi connectivity index (χ3n) is 3.01. The summed E-state index contributed by atoms with van der Waals surface area (Å²) in [6, 6.07) is 5.77. The number of nitrogens with zero attached hydrogens (tertiary/aromatic N) is 5. The number of halogens is 1. The van der Waals surface area contributed by atoms with Gasteiger partial charge in [0.05, 0.1) is 0 Å². The fraction of sp³-hybridized carbons (Fsp3) is 0.308. The SMILES string of the molecule is CCN(CC)c1nn(-c2ccc(Br)cn2)c(N)c1C#N. The summed E-state index contributed by atoms with van der Waals surface area (Å²) >= 11 is 3.33. The van der Waals surface area contributed by atoms with Crippen molar-refractivity contribution in [3.63, 3.8) is 0 Å².